The van der Waals surface area contributed by atoms with E-state index in [2.05, 4.69) is 6.07 Å². The highest BCUT2D eigenvalue weighted by atomic mass is 16.5. The summed E-state index contributed by atoms with van der Waals surface area (Å²) < 4.78 is 5.24. The van der Waals surface area contributed by atoms with Gasteiger partial charge in [0.1, 0.15) is 0 Å². The third-order valence-corrected chi connectivity index (χ3v) is 3.12. The highest BCUT2D eigenvalue weighted by Gasteiger charge is 2.25. The van der Waals surface area contributed by atoms with Crippen LogP contribution in [-0.4, -0.2) is 36.6 Å². The topological polar surface area (TPSA) is 53.3 Å². The number of rotatable bonds is 1. The summed E-state index contributed by atoms with van der Waals surface area (Å²) in [4.78, 5) is 14.1. The van der Waals surface area contributed by atoms with E-state index in [0.717, 1.165) is 11.1 Å². The molecule has 18 heavy (non-hydrogen) atoms. The summed E-state index contributed by atoms with van der Waals surface area (Å²) in [5.74, 6) is -0.0141. The lowest BCUT2D eigenvalue weighted by molar-refractivity contribution is 0.00343. The molecule has 0 saturated carbocycles. The summed E-state index contributed by atoms with van der Waals surface area (Å²) in [7, 11) is 0. The van der Waals surface area contributed by atoms with Crippen molar-refractivity contribution in [2.45, 2.75) is 20.0 Å². The van der Waals surface area contributed by atoms with Crippen molar-refractivity contribution in [1.29, 1.82) is 5.26 Å². The Morgan fingerprint density at radius 3 is 3.00 bits per heavy atom. The zero-order valence-corrected chi connectivity index (χ0v) is 10.6. The Balaban J connectivity index is 2.21. The third-order valence-electron chi connectivity index (χ3n) is 3.12. The first-order chi connectivity index (χ1) is 8.61. The Labute approximate surface area is 107 Å². The summed E-state index contributed by atoms with van der Waals surface area (Å²) in [6.45, 7) is 5.21. The van der Waals surface area contributed by atoms with Gasteiger partial charge >= 0.3 is 0 Å². The first kappa shape index (κ1) is 12.6. The summed E-state index contributed by atoms with van der Waals surface area (Å²) >= 11 is 0. The van der Waals surface area contributed by atoms with Crippen molar-refractivity contribution >= 4 is 5.91 Å². The lowest BCUT2D eigenvalue weighted by atomic mass is 10.0. The Hall–Kier alpha value is -1.86. The van der Waals surface area contributed by atoms with Crippen molar-refractivity contribution in [3.63, 3.8) is 0 Å². The Morgan fingerprint density at radius 2 is 2.28 bits per heavy atom. The minimum atomic E-state index is -0.507. The number of carbonyl (C=O) groups excluding carboxylic acids is 1. The van der Waals surface area contributed by atoms with Crippen LogP contribution in [-0.2, 0) is 4.74 Å². The molecular weight excluding hydrogens is 228 g/mol. The van der Waals surface area contributed by atoms with Crippen LogP contribution in [0.5, 0.6) is 0 Å². The van der Waals surface area contributed by atoms with Crippen LogP contribution in [0, 0.1) is 25.2 Å². The predicted octanol–water partition coefficient (Wildman–Crippen LogP) is 1.67. The third kappa shape index (κ3) is 2.52. The fraction of sp³-hybridized carbons (Fsp3) is 0.429. The van der Waals surface area contributed by atoms with E-state index in [1.807, 2.05) is 32.0 Å². The van der Waals surface area contributed by atoms with Crippen LogP contribution in [0.1, 0.15) is 21.5 Å². The molecule has 1 atom stereocenters. The molecule has 1 aromatic rings. The highest BCUT2D eigenvalue weighted by molar-refractivity contribution is 5.96. The first-order valence-corrected chi connectivity index (χ1v) is 5.99. The summed E-state index contributed by atoms with van der Waals surface area (Å²) in [5.41, 5.74) is 2.74. The smallest absolute Gasteiger partial charge is 0.254 e. The van der Waals surface area contributed by atoms with Gasteiger partial charge in [-0.1, -0.05) is 17.7 Å². The molecule has 0 radical (unpaired) electrons. The second kappa shape index (κ2) is 5.19. The molecule has 0 spiro atoms. The Kier molecular flexibility index (Phi) is 3.63. The van der Waals surface area contributed by atoms with Crippen LogP contribution >= 0.6 is 0 Å². The number of hydrogen-bond acceptors (Lipinski definition) is 3. The molecule has 4 heteroatoms. The predicted molar refractivity (Wildman–Crippen MR) is 67.2 cm³/mol. The van der Waals surface area contributed by atoms with Crippen molar-refractivity contribution in [2.24, 2.45) is 0 Å². The number of nitrogens with zero attached hydrogens (tertiary/aromatic N) is 2. The van der Waals surface area contributed by atoms with Gasteiger partial charge in [-0.2, -0.15) is 5.26 Å². The normalized spacial score (nSPS) is 19.4. The van der Waals surface area contributed by atoms with E-state index in [4.69, 9.17) is 10.00 Å². The molecule has 2 rings (SSSR count). The maximum Gasteiger partial charge on any atom is 0.254 e. The van der Waals surface area contributed by atoms with Crippen molar-refractivity contribution in [3.8, 4) is 6.07 Å². The van der Waals surface area contributed by atoms with Gasteiger partial charge in [0, 0.05) is 12.1 Å². The van der Waals surface area contributed by atoms with Gasteiger partial charge in [-0.15, -0.1) is 0 Å². The average molecular weight is 244 g/mol. The highest BCUT2D eigenvalue weighted by Crippen LogP contribution is 2.15. The average Bonchev–Trinajstić information content (AvgIpc) is 2.41. The zero-order chi connectivity index (χ0) is 13.1. The zero-order valence-electron chi connectivity index (χ0n) is 10.6. The van der Waals surface area contributed by atoms with Gasteiger partial charge < -0.3 is 9.64 Å². The van der Waals surface area contributed by atoms with Crippen LogP contribution in [0.4, 0.5) is 0 Å². The van der Waals surface area contributed by atoms with Gasteiger partial charge in [0.15, 0.2) is 6.10 Å². The second-order valence-corrected chi connectivity index (χ2v) is 4.56. The first-order valence-electron chi connectivity index (χ1n) is 5.99. The number of aryl methyl sites for hydroxylation is 2. The van der Waals surface area contributed by atoms with Crippen LogP contribution in [0.15, 0.2) is 18.2 Å². The fourth-order valence-electron chi connectivity index (χ4n) is 2.05. The van der Waals surface area contributed by atoms with E-state index >= 15 is 0 Å². The SMILES string of the molecule is Cc1ccc(C)c(C(=O)N2CCOC(C#N)C2)c1. The molecule has 0 aliphatic carbocycles. The molecule has 0 bridgehead atoms. The number of amides is 1. The molecule has 1 heterocycles. The van der Waals surface area contributed by atoms with E-state index in [-0.39, 0.29) is 5.91 Å². The lowest BCUT2D eigenvalue weighted by Gasteiger charge is -2.30. The van der Waals surface area contributed by atoms with Gasteiger partial charge in [-0.05, 0) is 25.5 Å². The Morgan fingerprint density at radius 1 is 1.50 bits per heavy atom. The van der Waals surface area contributed by atoms with Crippen molar-refractivity contribution in [3.05, 3.63) is 34.9 Å². The van der Waals surface area contributed by atoms with Gasteiger partial charge in [-0.3, -0.25) is 4.79 Å². The molecule has 0 N–H and O–H groups in total. The number of morpholine rings is 1. The Bertz CT molecular complexity index is 505. The summed E-state index contributed by atoms with van der Waals surface area (Å²) in [6, 6.07) is 7.89. The number of nitriles is 1. The minimum Gasteiger partial charge on any atom is -0.360 e. The molecule has 1 aliphatic heterocycles. The van der Waals surface area contributed by atoms with Crippen LogP contribution in [0.2, 0.25) is 0 Å². The van der Waals surface area contributed by atoms with Crippen LogP contribution < -0.4 is 0 Å². The maximum absolute atomic E-state index is 12.4. The standard InChI is InChI=1S/C14H16N2O2/c1-10-3-4-11(2)13(7-10)14(17)16-5-6-18-12(8-15)9-16/h3-4,7,12H,5-6,9H2,1-2H3. The maximum atomic E-state index is 12.4. The second-order valence-electron chi connectivity index (χ2n) is 4.56. The van der Waals surface area contributed by atoms with E-state index < -0.39 is 6.10 Å². The van der Waals surface area contributed by atoms with Crippen LogP contribution in [0.25, 0.3) is 0 Å². The van der Waals surface area contributed by atoms with E-state index in [0.29, 0.717) is 25.3 Å². The molecule has 1 unspecified atom stereocenters. The molecule has 1 fully saturated rings. The lowest BCUT2D eigenvalue weighted by Crippen LogP contribution is -2.45. The number of hydrogen-bond donors (Lipinski definition) is 0. The van der Waals surface area contributed by atoms with Gasteiger partial charge in [-0.25, -0.2) is 0 Å². The summed E-state index contributed by atoms with van der Waals surface area (Å²) in [6.07, 6.45) is -0.507. The van der Waals surface area contributed by atoms with Crippen molar-refractivity contribution < 1.29 is 9.53 Å². The molecular formula is C14H16N2O2. The minimum absolute atomic E-state index is 0.0141. The van der Waals surface area contributed by atoms with Gasteiger partial charge in [0.2, 0.25) is 0 Å². The summed E-state index contributed by atoms with van der Waals surface area (Å²) in [5, 5.41) is 8.85. The number of ether oxygens (including phenoxy) is 1. The largest absolute Gasteiger partial charge is 0.360 e. The molecule has 0 aromatic heterocycles. The molecule has 4 nitrogen and oxygen atoms in total. The van der Waals surface area contributed by atoms with Gasteiger partial charge in [0.05, 0.1) is 19.2 Å². The van der Waals surface area contributed by atoms with Crippen LogP contribution in [0.3, 0.4) is 0 Å². The molecule has 1 aromatic carbocycles. The van der Waals surface area contributed by atoms with Crippen molar-refractivity contribution in [2.75, 3.05) is 19.7 Å². The monoisotopic (exact) mass is 244 g/mol. The van der Waals surface area contributed by atoms with Crippen molar-refractivity contribution in [1.82, 2.24) is 4.90 Å². The van der Waals surface area contributed by atoms with E-state index in [1.54, 1.807) is 4.90 Å². The van der Waals surface area contributed by atoms with Gasteiger partial charge in [0.25, 0.3) is 5.91 Å². The molecule has 94 valence electrons. The molecule has 1 saturated heterocycles. The van der Waals surface area contributed by atoms with E-state index in [9.17, 15) is 4.79 Å². The van der Waals surface area contributed by atoms with E-state index in [1.165, 1.54) is 0 Å². The fourth-order valence-corrected chi connectivity index (χ4v) is 2.05. The number of benzene rings is 1. The number of carbonyl (C=O) groups is 1. The molecule has 1 aliphatic rings. The quantitative estimate of drug-likeness (QED) is 0.755. The molecule has 1 amide bonds.